The highest BCUT2D eigenvalue weighted by atomic mass is 35.5. The van der Waals surface area contributed by atoms with Crippen LogP contribution in [0.2, 0.25) is 5.02 Å². The van der Waals surface area contributed by atoms with E-state index in [1.165, 1.54) is 53.4 Å². The zero-order chi connectivity index (χ0) is 25.5. The van der Waals surface area contributed by atoms with Crippen LogP contribution in [0.1, 0.15) is 22.8 Å². The van der Waals surface area contributed by atoms with Crippen molar-refractivity contribution in [3.8, 4) is 11.5 Å². The highest BCUT2D eigenvalue weighted by molar-refractivity contribution is 7.89. The Hall–Kier alpha value is -3.02. The summed E-state index contributed by atoms with van der Waals surface area (Å²) in [6.45, 7) is 2.04. The lowest BCUT2D eigenvalue weighted by atomic mass is 10.1. The quantitative estimate of drug-likeness (QED) is 0.393. The van der Waals surface area contributed by atoms with E-state index in [0.29, 0.717) is 27.8 Å². The number of hydrogen-bond donors (Lipinski definition) is 3. The van der Waals surface area contributed by atoms with Crippen molar-refractivity contribution in [2.75, 3.05) is 46.7 Å². The first-order valence-corrected chi connectivity index (χ1v) is 12.1. The number of nitrogens with one attached hydrogen (secondary N) is 3. The molecule has 2 rings (SSSR count). The number of anilines is 1. The van der Waals surface area contributed by atoms with Crippen molar-refractivity contribution in [1.29, 1.82) is 0 Å². The van der Waals surface area contributed by atoms with Gasteiger partial charge < -0.3 is 25.4 Å². The standard InChI is InChI=1S/C22H29ClN4O6S/c1-14(28)24-8-9-25-22(29)16-10-17(12-18(11-16)34(30,31)27(2)3)26-13-15-6-7-19(32-4)21(33-5)20(15)23/h6-7,10-12,26H,8-9,13H2,1-5H3,(H,24,28)(H,25,29). The van der Waals surface area contributed by atoms with Crippen LogP contribution in [-0.2, 0) is 21.4 Å². The molecule has 2 aromatic carbocycles. The Morgan fingerprint density at radius 1 is 1.03 bits per heavy atom. The molecule has 34 heavy (non-hydrogen) atoms. The second kappa shape index (κ2) is 11.9. The summed E-state index contributed by atoms with van der Waals surface area (Å²) in [6, 6.07) is 7.75. The third-order valence-electron chi connectivity index (χ3n) is 4.78. The smallest absolute Gasteiger partial charge is 0.251 e. The van der Waals surface area contributed by atoms with Crippen LogP contribution in [0.5, 0.6) is 11.5 Å². The first-order valence-electron chi connectivity index (χ1n) is 10.2. The van der Waals surface area contributed by atoms with Gasteiger partial charge in [-0.1, -0.05) is 17.7 Å². The first-order chi connectivity index (χ1) is 16.0. The van der Waals surface area contributed by atoms with Gasteiger partial charge in [0.05, 0.1) is 24.1 Å². The fourth-order valence-corrected chi connectivity index (χ4v) is 4.25. The van der Waals surface area contributed by atoms with Gasteiger partial charge in [0.1, 0.15) is 0 Å². The monoisotopic (exact) mass is 512 g/mol. The summed E-state index contributed by atoms with van der Waals surface area (Å²) in [6.07, 6.45) is 0. The molecule has 12 heteroatoms. The summed E-state index contributed by atoms with van der Waals surface area (Å²) in [4.78, 5) is 23.6. The van der Waals surface area contributed by atoms with Crippen LogP contribution in [0.4, 0.5) is 5.69 Å². The molecule has 0 aliphatic rings. The molecule has 0 saturated heterocycles. The number of methoxy groups -OCH3 is 2. The Morgan fingerprint density at radius 2 is 1.71 bits per heavy atom. The predicted molar refractivity (Wildman–Crippen MR) is 130 cm³/mol. The highest BCUT2D eigenvalue weighted by Gasteiger charge is 2.21. The number of amides is 2. The van der Waals surface area contributed by atoms with Gasteiger partial charge in [0.2, 0.25) is 15.9 Å². The van der Waals surface area contributed by atoms with Gasteiger partial charge in [0.15, 0.2) is 11.5 Å². The normalized spacial score (nSPS) is 11.1. The van der Waals surface area contributed by atoms with Crippen molar-refractivity contribution >= 4 is 39.1 Å². The minimum Gasteiger partial charge on any atom is -0.493 e. The van der Waals surface area contributed by atoms with E-state index in [2.05, 4.69) is 16.0 Å². The average Bonchev–Trinajstić information content (AvgIpc) is 2.80. The Labute approximate surface area is 204 Å². The number of hydrogen-bond acceptors (Lipinski definition) is 7. The third kappa shape index (κ3) is 6.75. The highest BCUT2D eigenvalue weighted by Crippen LogP contribution is 2.37. The Balaban J connectivity index is 2.33. The van der Waals surface area contributed by atoms with Gasteiger partial charge in [-0.3, -0.25) is 9.59 Å². The zero-order valence-electron chi connectivity index (χ0n) is 19.7. The molecular formula is C22H29ClN4O6S. The molecule has 0 aliphatic carbocycles. The molecule has 10 nitrogen and oxygen atoms in total. The summed E-state index contributed by atoms with van der Waals surface area (Å²) >= 11 is 6.44. The van der Waals surface area contributed by atoms with E-state index in [4.69, 9.17) is 21.1 Å². The van der Waals surface area contributed by atoms with E-state index in [-0.39, 0.29) is 36.0 Å². The maximum absolute atomic E-state index is 12.7. The van der Waals surface area contributed by atoms with Gasteiger partial charge in [-0.05, 0) is 29.8 Å². The largest absolute Gasteiger partial charge is 0.493 e. The van der Waals surface area contributed by atoms with Gasteiger partial charge in [-0.25, -0.2) is 12.7 Å². The van der Waals surface area contributed by atoms with Crippen LogP contribution in [-0.4, -0.2) is 65.9 Å². The van der Waals surface area contributed by atoms with Crippen LogP contribution >= 0.6 is 11.6 Å². The lowest BCUT2D eigenvalue weighted by Crippen LogP contribution is -2.33. The summed E-state index contributed by atoms with van der Waals surface area (Å²) in [5.74, 6) is 0.169. The number of carbonyl (C=O) groups is 2. The van der Waals surface area contributed by atoms with Crippen LogP contribution in [0, 0.1) is 0 Å². The number of halogens is 1. The summed E-state index contributed by atoms with van der Waals surface area (Å²) in [5, 5.41) is 8.70. The molecule has 2 aromatic rings. The molecule has 2 amide bonds. The number of sulfonamides is 1. The number of benzene rings is 2. The molecule has 3 N–H and O–H groups in total. The van der Waals surface area contributed by atoms with Crippen molar-refractivity contribution in [1.82, 2.24) is 14.9 Å². The van der Waals surface area contributed by atoms with Crippen LogP contribution in [0.25, 0.3) is 0 Å². The molecule has 0 radical (unpaired) electrons. The minimum atomic E-state index is -3.81. The second-order valence-corrected chi connectivity index (χ2v) is 9.93. The molecule has 0 atom stereocenters. The van der Waals surface area contributed by atoms with Crippen molar-refractivity contribution in [2.24, 2.45) is 0 Å². The van der Waals surface area contributed by atoms with E-state index in [9.17, 15) is 18.0 Å². The number of nitrogens with zero attached hydrogens (tertiary/aromatic N) is 1. The predicted octanol–water partition coefficient (Wildman–Crippen LogP) is 2.09. The van der Waals surface area contributed by atoms with E-state index in [1.807, 2.05) is 0 Å². The maximum Gasteiger partial charge on any atom is 0.251 e. The molecule has 0 bridgehead atoms. The van der Waals surface area contributed by atoms with Crippen molar-refractivity contribution in [2.45, 2.75) is 18.4 Å². The third-order valence-corrected chi connectivity index (χ3v) is 6.99. The van der Waals surface area contributed by atoms with E-state index >= 15 is 0 Å². The number of ether oxygens (including phenoxy) is 2. The summed E-state index contributed by atoms with van der Waals surface area (Å²) in [7, 11) is 1.99. The van der Waals surface area contributed by atoms with Gasteiger partial charge in [0, 0.05) is 51.9 Å². The SMILES string of the molecule is COc1ccc(CNc2cc(C(=O)NCCNC(C)=O)cc(S(=O)(=O)N(C)C)c2)c(Cl)c1OC. The number of carbonyl (C=O) groups excluding carboxylic acids is 2. The Bertz CT molecular complexity index is 1150. The van der Waals surface area contributed by atoms with E-state index in [0.717, 1.165) is 4.31 Å². The fourth-order valence-electron chi connectivity index (χ4n) is 2.97. The lowest BCUT2D eigenvalue weighted by molar-refractivity contribution is -0.118. The Kier molecular flexibility index (Phi) is 9.54. The van der Waals surface area contributed by atoms with E-state index in [1.54, 1.807) is 12.1 Å². The molecule has 0 saturated carbocycles. The van der Waals surface area contributed by atoms with Crippen LogP contribution in [0.15, 0.2) is 35.2 Å². The molecule has 0 fully saturated rings. The average molecular weight is 513 g/mol. The van der Waals surface area contributed by atoms with Gasteiger partial charge in [-0.15, -0.1) is 0 Å². The van der Waals surface area contributed by atoms with Crippen molar-refractivity contribution < 1.29 is 27.5 Å². The van der Waals surface area contributed by atoms with Crippen molar-refractivity contribution in [3.63, 3.8) is 0 Å². The molecular weight excluding hydrogens is 484 g/mol. The summed E-state index contributed by atoms with van der Waals surface area (Å²) < 4.78 is 37.1. The molecule has 0 heterocycles. The van der Waals surface area contributed by atoms with E-state index < -0.39 is 15.9 Å². The zero-order valence-corrected chi connectivity index (χ0v) is 21.3. The maximum atomic E-state index is 12.7. The molecule has 0 aromatic heterocycles. The topological polar surface area (TPSA) is 126 Å². The van der Waals surface area contributed by atoms with Crippen LogP contribution < -0.4 is 25.4 Å². The van der Waals surface area contributed by atoms with Gasteiger partial charge in [0.25, 0.3) is 5.91 Å². The number of rotatable bonds is 11. The van der Waals surface area contributed by atoms with Gasteiger partial charge >= 0.3 is 0 Å². The Morgan fingerprint density at radius 3 is 2.29 bits per heavy atom. The lowest BCUT2D eigenvalue weighted by Gasteiger charge is -2.17. The van der Waals surface area contributed by atoms with Gasteiger partial charge in [-0.2, -0.15) is 0 Å². The fraction of sp³-hybridized carbons (Fsp3) is 0.364. The second-order valence-electron chi connectivity index (χ2n) is 7.40. The van der Waals surface area contributed by atoms with Crippen molar-refractivity contribution in [3.05, 3.63) is 46.5 Å². The van der Waals surface area contributed by atoms with Crippen LogP contribution in [0.3, 0.4) is 0 Å². The minimum absolute atomic E-state index is 0.0482. The molecule has 0 aliphatic heterocycles. The first kappa shape index (κ1) is 27.2. The summed E-state index contributed by atoms with van der Waals surface area (Å²) in [5.41, 5.74) is 1.23. The molecule has 0 spiro atoms. The molecule has 0 unspecified atom stereocenters. The molecule has 186 valence electrons.